The average molecular weight is 408 g/mol. The van der Waals surface area contributed by atoms with Gasteiger partial charge in [-0.15, -0.1) is 0 Å². The maximum atomic E-state index is 13.6. The van der Waals surface area contributed by atoms with Crippen LogP contribution in [0.5, 0.6) is 0 Å². The molecule has 1 unspecified atom stereocenters. The van der Waals surface area contributed by atoms with Crippen LogP contribution in [0, 0.1) is 17.5 Å². The van der Waals surface area contributed by atoms with Crippen LogP contribution in [0.25, 0.3) is 0 Å². The van der Waals surface area contributed by atoms with Gasteiger partial charge in [0.25, 0.3) is 11.8 Å². The Morgan fingerprint density at radius 2 is 1.52 bits per heavy atom. The minimum absolute atomic E-state index is 0.00250. The van der Waals surface area contributed by atoms with Crippen molar-refractivity contribution in [1.82, 2.24) is 0 Å². The average Bonchev–Trinajstić information content (AvgIpc) is 2.68. The van der Waals surface area contributed by atoms with E-state index in [-0.39, 0.29) is 24.9 Å². The highest BCUT2D eigenvalue weighted by molar-refractivity contribution is 5.93. The van der Waals surface area contributed by atoms with Crippen molar-refractivity contribution in [2.45, 2.75) is 26.2 Å². The van der Waals surface area contributed by atoms with Gasteiger partial charge in [0, 0.05) is 5.69 Å². The van der Waals surface area contributed by atoms with Crippen LogP contribution in [-0.2, 0) is 9.59 Å². The SMILES string of the molecule is CC[C@H](C)c1ccccc1NC(=O)C[NH+](C)CC(=O)Nc1ccc(F)c(F)c1F. The molecule has 0 radical (unpaired) electrons. The maximum absolute atomic E-state index is 13.6. The van der Waals surface area contributed by atoms with Gasteiger partial charge in [0.05, 0.1) is 12.7 Å². The molecular formula is C21H25F3N3O2+. The number of anilines is 2. The second-order valence-electron chi connectivity index (χ2n) is 7.03. The van der Waals surface area contributed by atoms with Crippen molar-refractivity contribution in [3.8, 4) is 0 Å². The number of likely N-dealkylation sites (N-methyl/N-ethyl adjacent to an activating group) is 1. The van der Waals surface area contributed by atoms with E-state index in [4.69, 9.17) is 0 Å². The minimum Gasteiger partial charge on any atom is -0.322 e. The smallest absolute Gasteiger partial charge is 0.279 e. The zero-order valence-corrected chi connectivity index (χ0v) is 16.6. The third-order valence-corrected chi connectivity index (χ3v) is 4.61. The maximum Gasteiger partial charge on any atom is 0.279 e. The third kappa shape index (κ3) is 6.05. The predicted octanol–water partition coefficient (Wildman–Crippen LogP) is 2.71. The number of halogens is 3. The summed E-state index contributed by atoms with van der Waals surface area (Å²) in [6, 6.07) is 9.21. The summed E-state index contributed by atoms with van der Waals surface area (Å²) in [5, 5.41) is 5.05. The van der Waals surface area contributed by atoms with Gasteiger partial charge >= 0.3 is 0 Å². The molecule has 0 saturated carbocycles. The molecule has 0 fully saturated rings. The second kappa shape index (κ2) is 10.1. The van der Waals surface area contributed by atoms with Crippen LogP contribution in [0.2, 0.25) is 0 Å². The largest absolute Gasteiger partial charge is 0.322 e. The number of amides is 2. The van der Waals surface area contributed by atoms with Gasteiger partial charge in [-0.05, 0) is 36.1 Å². The molecule has 0 heterocycles. The summed E-state index contributed by atoms with van der Waals surface area (Å²) in [4.78, 5) is 24.9. The fourth-order valence-electron chi connectivity index (χ4n) is 2.88. The summed E-state index contributed by atoms with van der Waals surface area (Å²) in [7, 11) is 1.63. The summed E-state index contributed by atoms with van der Waals surface area (Å²) in [6.45, 7) is 3.99. The monoisotopic (exact) mass is 408 g/mol. The molecule has 0 aromatic heterocycles. The molecule has 2 amide bonds. The van der Waals surface area contributed by atoms with E-state index < -0.39 is 29.0 Å². The summed E-state index contributed by atoms with van der Waals surface area (Å²) in [6.07, 6.45) is 0.929. The Hall–Kier alpha value is -2.87. The van der Waals surface area contributed by atoms with Crippen LogP contribution < -0.4 is 15.5 Å². The number of quaternary nitrogens is 1. The second-order valence-corrected chi connectivity index (χ2v) is 7.03. The first-order chi connectivity index (χ1) is 13.7. The summed E-state index contributed by atoms with van der Waals surface area (Å²) in [5.41, 5.74) is 1.31. The van der Waals surface area contributed by atoms with E-state index in [1.165, 1.54) is 0 Å². The molecule has 5 nitrogen and oxygen atoms in total. The van der Waals surface area contributed by atoms with Gasteiger partial charge in [0.2, 0.25) is 0 Å². The van der Waals surface area contributed by atoms with E-state index in [2.05, 4.69) is 24.5 Å². The number of benzene rings is 2. The number of rotatable bonds is 8. The lowest BCUT2D eigenvalue weighted by atomic mass is 9.97. The van der Waals surface area contributed by atoms with E-state index in [0.717, 1.165) is 29.8 Å². The molecule has 2 atom stereocenters. The summed E-state index contributed by atoms with van der Waals surface area (Å²) < 4.78 is 39.8. The number of nitrogens with one attached hydrogen (secondary N) is 3. The van der Waals surface area contributed by atoms with Gasteiger partial charge in [-0.2, -0.15) is 0 Å². The van der Waals surface area contributed by atoms with Gasteiger partial charge < -0.3 is 15.5 Å². The molecule has 0 aliphatic heterocycles. The van der Waals surface area contributed by atoms with Gasteiger partial charge in [0.15, 0.2) is 30.5 Å². The van der Waals surface area contributed by atoms with Crippen molar-refractivity contribution in [3.63, 3.8) is 0 Å². The number of para-hydroxylation sites is 1. The van der Waals surface area contributed by atoms with Crippen molar-refractivity contribution in [2.75, 3.05) is 30.8 Å². The van der Waals surface area contributed by atoms with Crippen molar-refractivity contribution in [3.05, 3.63) is 59.4 Å². The van der Waals surface area contributed by atoms with Crippen molar-refractivity contribution in [1.29, 1.82) is 0 Å². The van der Waals surface area contributed by atoms with Crippen LogP contribution >= 0.6 is 0 Å². The predicted molar refractivity (Wildman–Crippen MR) is 105 cm³/mol. The lowest BCUT2D eigenvalue weighted by Crippen LogP contribution is -3.11. The van der Waals surface area contributed by atoms with Gasteiger partial charge in [-0.3, -0.25) is 9.59 Å². The molecule has 0 bridgehead atoms. The molecular weight excluding hydrogens is 383 g/mol. The number of hydrogen-bond acceptors (Lipinski definition) is 2. The number of hydrogen-bond donors (Lipinski definition) is 3. The standard InChI is InChI=1S/C21H24F3N3O2/c1-4-13(2)14-7-5-6-8-16(14)25-18(28)11-27(3)12-19(29)26-17-10-9-15(22)20(23)21(17)24/h5-10,13H,4,11-12H2,1-3H3,(H,25,28)(H,26,29)/p+1/t13-/m0/s1. The molecule has 0 aliphatic carbocycles. The Bertz CT molecular complexity index is 889. The van der Waals surface area contributed by atoms with Crippen LogP contribution in [0.4, 0.5) is 24.5 Å². The normalized spacial score (nSPS) is 12.9. The van der Waals surface area contributed by atoms with E-state index in [1.54, 1.807) is 7.05 Å². The molecule has 2 rings (SSSR count). The molecule has 156 valence electrons. The quantitative estimate of drug-likeness (QED) is 0.588. The fourth-order valence-corrected chi connectivity index (χ4v) is 2.88. The fraction of sp³-hybridized carbons (Fsp3) is 0.333. The minimum atomic E-state index is -1.65. The lowest BCUT2D eigenvalue weighted by molar-refractivity contribution is -0.862. The van der Waals surface area contributed by atoms with E-state index in [1.807, 2.05) is 24.3 Å². The van der Waals surface area contributed by atoms with Crippen LogP contribution in [-0.4, -0.2) is 32.0 Å². The summed E-state index contributed by atoms with van der Waals surface area (Å²) in [5.74, 6) is -5.06. The lowest BCUT2D eigenvalue weighted by Gasteiger charge is -2.17. The van der Waals surface area contributed by atoms with Crippen LogP contribution in [0.1, 0.15) is 31.7 Å². The molecule has 0 spiro atoms. The Labute approximate surface area is 167 Å². The number of carbonyl (C=O) groups excluding carboxylic acids is 2. The molecule has 3 N–H and O–H groups in total. The van der Waals surface area contributed by atoms with Crippen LogP contribution in [0.3, 0.4) is 0 Å². The van der Waals surface area contributed by atoms with E-state index in [0.29, 0.717) is 4.90 Å². The Balaban J connectivity index is 1.92. The molecule has 0 saturated heterocycles. The Morgan fingerprint density at radius 3 is 2.14 bits per heavy atom. The zero-order chi connectivity index (χ0) is 21.6. The molecule has 2 aromatic rings. The highest BCUT2D eigenvalue weighted by atomic mass is 19.2. The summed E-state index contributed by atoms with van der Waals surface area (Å²) >= 11 is 0. The van der Waals surface area contributed by atoms with Gasteiger partial charge in [-0.1, -0.05) is 32.0 Å². The van der Waals surface area contributed by atoms with Crippen molar-refractivity contribution < 1.29 is 27.7 Å². The first kappa shape index (κ1) is 22.4. The molecule has 29 heavy (non-hydrogen) atoms. The Kier molecular flexibility index (Phi) is 7.78. The van der Waals surface area contributed by atoms with Crippen molar-refractivity contribution in [2.24, 2.45) is 0 Å². The van der Waals surface area contributed by atoms with E-state index >= 15 is 0 Å². The first-order valence-corrected chi connectivity index (χ1v) is 9.36. The third-order valence-electron chi connectivity index (χ3n) is 4.61. The molecule has 0 aliphatic rings. The van der Waals surface area contributed by atoms with E-state index in [9.17, 15) is 22.8 Å². The Morgan fingerprint density at radius 1 is 0.931 bits per heavy atom. The number of carbonyl (C=O) groups is 2. The van der Waals surface area contributed by atoms with Gasteiger partial charge in [-0.25, -0.2) is 13.2 Å². The highest BCUT2D eigenvalue weighted by Crippen LogP contribution is 2.26. The molecule has 2 aromatic carbocycles. The highest BCUT2D eigenvalue weighted by Gasteiger charge is 2.19. The molecule has 8 heteroatoms. The van der Waals surface area contributed by atoms with Crippen molar-refractivity contribution >= 4 is 23.2 Å². The van der Waals surface area contributed by atoms with Crippen LogP contribution in [0.15, 0.2) is 36.4 Å². The zero-order valence-electron chi connectivity index (χ0n) is 16.6. The topological polar surface area (TPSA) is 62.6 Å². The van der Waals surface area contributed by atoms with Gasteiger partial charge in [0.1, 0.15) is 0 Å². The first-order valence-electron chi connectivity index (χ1n) is 9.36.